The number of benzene rings is 2. The SMILES string of the molecule is CC(=O)C1[C@@H](C(=O)NCc2cccc(Cl)c2F)N(C(=O)CC(C)(c2ccc3cc[nH]c3c2)[PH](=O)O)C[C@@H]1F. The lowest BCUT2D eigenvalue weighted by molar-refractivity contribution is -0.141. The summed E-state index contributed by atoms with van der Waals surface area (Å²) < 4.78 is 41.9. The molecule has 1 fully saturated rings. The molecule has 2 aromatic carbocycles. The number of rotatable bonds is 8. The molecule has 12 heteroatoms. The highest BCUT2D eigenvalue weighted by atomic mass is 35.5. The maximum Gasteiger partial charge on any atom is 0.243 e. The number of carbonyl (C=O) groups is 3. The summed E-state index contributed by atoms with van der Waals surface area (Å²) in [5.41, 5.74) is 1.20. The number of aromatic amines is 1. The number of hydrogen-bond donors (Lipinski definition) is 3. The van der Waals surface area contributed by atoms with Gasteiger partial charge >= 0.3 is 0 Å². The predicted molar refractivity (Wildman–Crippen MR) is 139 cm³/mol. The van der Waals surface area contributed by atoms with Gasteiger partial charge in [-0.2, -0.15) is 0 Å². The number of hydrogen-bond acceptors (Lipinski definition) is 4. The lowest BCUT2D eigenvalue weighted by atomic mass is 9.93. The molecule has 1 aromatic heterocycles. The van der Waals surface area contributed by atoms with Crippen molar-refractivity contribution in [1.29, 1.82) is 0 Å². The Bertz CT molecular complexity index is 1430. The number of ketones is 1. The quantitative estimate of drug-likeness (QED) is 0.355. The van der Waals surface area contributed by atoms with Crippen LogP contribution in [0.25, 0.3) is 10.9 Å². The molecule has 8 nitrogen and oxygen atoms in total. The highest BCUT2D eigenvalue weighted by Crippen LogP contribution is 2.48. The van der Waals surface area contributed by atoms with E-state index in [-0.39, 0.29) is 17.1 Å². The predicted octanol–water partition coefficient (Wildman–Crippen LogP) is 4.10. The van der Waals surface area contributed by atoms with Crippen molar-refractivity contribution in [3.8, 4) is 0 Å². The Labute approximate surface area is 223 Å². The number of aromatic nitrogens is 1. The number of H-pyrrole nitrogens is 1. The molecule has 3 N–H and O–H groups in total. The van der Waals surface area contributed by atoms with E-state index in [9.17, 15) is 28.2 Å². The molecule has 0 aliphatic carbocycles. The number of likely N-dealkylation sites (tertiary alicyclic amines) is 1. The van der Waals surface area contributed by atoms with Gasteiger partial charge < -0.3 is 20.1 Å². The summed E-state index contributed by atoms with van der Waals surface area (Å²) in [5.74, 6) is -4.40. The maximum absolute atomic E-state index is 15.0. The van der Waals surface area contributed by atoms with Gasteiger partial charge in [0.05, 0.1) is 22.6 Å². The average molecular weight is 566 g/mol. The largest absolute Gasteiger partial charge is 0.361 e. The second-order valence-corrected chi connectivity index (χ2v) is 11.8. The Morgan fingerprint density at radius 3 is 2.68 bits per heavy atom. The van der Waals surface area contributed by atoms with Crippen molar-refractivity contribution >= 4 is 48.1 Å². The van der Waals surface area contributed by atoms with Gasteiger partial charge in [-0.25, -0.2) is 8.78 Å². The van der Waals surface area contributed by atoms with Gasteiger partial charge in [-0.05, 0) is 43.0 Å². The van der Waals surface area contributed by atoms with Crippen LogP contribution >= 0.6 is 19.6 Å². The lowest BCUT2D eigenvalue weighted by Crippen LogP contribution is -2.50. The third-order valence-electron chi connectivity index (χ3n) is 7.15. The third-order valence-corrected chi connectivity index (χ3v) is 8.85. The fourth-order valence-corrected chi connectivity index (χ4v) is 5.81. The van der Waals surface area contributed by atoms with Crippen molar-refractivity contribution in [2.45, 2.75) is 44.2 Å². The summed E-state index contributed by atoms with van der Waals surface area (Å²) in [5, 5.41) is 1.68. The molecule has 0 radical (unpaired) electrons. The van der Waals surface area contributed by atoms with E-state index < -0.39 is 67.7 Å². The van der Waals surface area contributed by atoms with Crippen LogP contribution in [0.15, 0.2) is 48.7 Å². The molecule has 4 rings (SSSR count). The summed E-state index contributed by atoms with van der Waals surface area (Å²) in [6.07, 6.45) is -0.606. The van der Waals surface area contributed by atoms with Gasteiger partial charge in [0.2, 0.25) is 11.8 Å². The molecule has 3 unspecified atom stereocenters. The maximum atomic E-state index is 15.0. The number of halogens is 3. The van der Waals surface area contributed by atoms with Crippen LogP contribution < -0.4 is 5.32 Å². The van der Waals surface area contributed by atoms with Crippen LogP contribution in [0.1, 0.15) is 31.4 Å². The molecular weight excluding hydrogens is 539 g/mol. The molecule has 2 heterocycles. The first-order valence-electron chi connectivity index (χ1n) is 11.9. The fourth-order valence-electron chi connectivity index (χ4n) is 4.91. The fraction of sp³-hybridized carbons (Fsp3) is 0.346. The van der Waals surface area contributed by atoms with Gasteiger partial charge in [0.25, 0.3) is 0 Å². The van der Waals surface area contributed by atoms with E-state index in [1.165, 1.54) is 25.1 Å². The minimum absolute atomic E-state index is 0.0732. The molecule has 1 aliphatic heterocycles. The smallest absolute Gasteiger partial charge is 0.243 e. The van der Waals surface area contributed by atoms with E-state index in [0.717, 1.165) is 17.2 Å². The number of fused-ring (bicyclic) bond motifs is 1. The Morgan fingerprint density at radius 2 is 2.00 bits per heavy atom. The zero-order valence-corrected chi connectivity index (χ0v) is 22.4. The molecule has 0 saturated carbocycles. The van der Waals surface area contributed by atoms with E-state index in [4.69, 9.17) is 11.6 Å². The van der Waals surface area contributed by atoms with Crippen molar-refractivity contribution in [2.75, 3.05) is 6.54 Å². The van der Waals surface area contributed by atoms with Crippen LogP contribution in [0.5, 0.6) is 0 Å². The minimum Gasteiger partial charge on any atom is -0.361 e. The third kappa shape index (κ3) is 5.25. The molecule has 0 spiro atoms. The number of alkyl halides is 1. The summed E-state index contributed by atoms with van der Waals surface area (Å²) >= 11 is 5.79. The Hall–Kier alpha value is -3.07. The van der Waals surface area contributed by atoms with Gasteiger partial charge in [-0.15, -0.1) is 0 Å². The molecule has 1 saturated heterocycles. The molecular formula is C26H27ClF2N3O5P. The molecule has 38 heavy (non-hydrogen) atoms. The van der Waals surface area contributed by atoms with E-state index in [2.05, 4.69) is 10.3 Å². The first-order chi connectivity index (χ1) is 17.9. The number of carbonyl (C=O) groups excluding carboxylic acids is 3. The number of nitrogens with one attached hydrogen (secondary N) is 2. The van der Waals surface area contributed by atoms with Gasteiger partial charge in [-0.3, -0.25) is 18.9 Å². The lowest BCUT2D eigenvalue weighted by Gasteiger charge is -2.31. The molecule has 1 aliphatic rings. The summed E-state index contributed by atoms with van der Waals surface area (Å²) in [4.78, 5) is 53.2. The summed E-state index contributed by atoms with van der Waals surface area (Å²) in [7, 11) is -3.36. The first kappa shape index (κ1) is 28.0. The summed E-state index contributed by atoms with van der Waals surface area (Å²) in [6, 6.07) is 9.64. The van der Waals surface area contributed by atoms with Crippen molar-refractivity contribution in [1.82, 2.24) is 15.2 Å². The zero-order valence-electron chi connectivity index (χ0n) is 20.6. The zero-order chi connectivity index (χ0) is 27.8. The van der Waals surface area contributed by atoms with Gasteiger partial charge in [0, 0.05) is 30.2 Å². The van der Waals surface area contributed by atoms with Crippen molar-refractivity contribution in [3.63, 3.8) is 0 Å². The Kier molecular flexibility index (Phi) is 8.06. The van der Waals surface area contributed by atoms with Gasteiger partial charge in [-0.1, -0.05) is 35.9 Å². The molecule has 0 bridgehead atoms. The van der Waals surface area contributed by atoms with Crippen LogP contribution in [-0.2, 0) is 30.6 Å². The van der Waals surface area contributed by atoms with Crippen LogP contribution in [-0.4, -0.2) is 51.1 Å². The first-order valence-corrected chi connectivity index (χ1v) is 13.6. The standard InChI is InChI=1S/C26H27ClF2N3O5P/c1-14(33)22-19(28)13-32(24(22)25(35)31-12-16-4-3-5-18(27)23(16)29)21(34)11-26(2,38(36)37)17-7-6-15-8-9-30-20(15)10-17/h3-10,19,22,24,30,38H,11-13H2,1-2H3,(H,31,35)(H,36,37)/t19-,22?,24-,26?/m0/s1. The number of amides is 2. The minimum atomic E-state index is -3.36. The second kappa shape index (κ2) is 11.0. The number of Topliss-reactive ketones (excluding diaryl/α,β-unsaturated/α-hetero) is 1. The topological polar surface area (TPSA) is 120 Å². The van der Waals surface area contributed by atoms with Gasteiger partial charge in [0.1, 0.15) is 23.8 Å². The summed E-state index contributed by atoms with van der Waals surface area (Å²) in [6.45, 7) is 1.75. The van der Waals surface area contributed by atoms with E-state index in [1.807, 2.05) is 6.07 Å². The van der Waals surface area contributed by atoms with E-state index in [0.29, 0.717) is 11.1 Å². The van der Waals surface area contributed by atoms with Gasteiger partial charge in [0.15, 0.2) is 8.03 Å². The number of nitrogens with zero attached hydrogens (tertiary/aromatic N) is 1. The van der Waals surface area contributed by atoms with Crippen LogP contribution in [0, 0.1) is 11.7 Å². The van der Waals surface area contributed by atoms with Crippen molar-refractivity contribution < 1.29 is 32.6 Å². The normalized spacial score (nSPS) is 21.7. The molecule has 5 atom stereocenters. The van der Waals surface area contributed by atoms with Crippen LogP contribution in [0.4, 0.5) is 8.78 Å². The highest BCUT2D eigenvalue weighted by molar-refractivity contribution is 7.39. The molecule has 202 valence electrons. The average Bonchev–Trinajstić information content (AvgIpc) is 3.48. The van der Waals surface area contributed by atoms with Crippen molar-refractivity contribution in [2.24, 2.45) is 5.92 Å². The van der Waals surface area contributed by atoms with Crippen LogP contribution in [0.2, 0.25) is 5.02 Å². The second-order valence-electron chi connectivity index (χ2n) is 9.67. The van der Waals surface area contributed by atoms with Crippen LogP contribution in [0.3, 0.4) is 0 Å². The molecule has 2 amide bonds. The van der Waals surface area contributed by atoms with E-state index >= 15 is 4.39 Å². The monoisotopic (exact) mass is 565 g/mol. The van der Waals surface area contributed by atoms with Crippen molar-refractivity contribution in [3.05, 3.63) is 70.6 Å². The Morgan fingerprint density at radius 1 is 1.26 bits per heavy atom. The molecule has 3 aromatic rings. The highest BCUT2D eigenvalue weighted by Gasteiger charge is 2.51. The Balaban J connectivity index is 1.60. The van der Waals surface area contributed by atoms with E-state index in [1.54, 1.807) is 24.4 Å².